The molecule has 0 atom stereocenters. The summed E-state index contributed by atoms with van der Waals surface area (Å²) in [5.41, 5.74) is -1.97. The van der Waals surface area contributed by atoms with Crippen LogP contribution in [-0.4, -0.2) is 34.9 Å². The van der Waals surface area contributed by atoms with Gasteiger partial charge in [0.25, 0.3) is 5.56 Å². The van der Waals surface area contributed by atoms with Crippen LogP contribution >= 0.6 is 0 Å². The topological polar surface area (TPSA) is 42.3 Å². The van der Waals surface area contributed by atoms with E-state index >= 15 is 0 Å². The van der Waals surface area contributed by atoms with Crippen molar-refractivity contribution in [1.82, 2.24) is 9.47 Å². The summed E-state index contributed by atoms with van der Waals surface area (Å²) in [6.07, 6.45) is -1.51. The van der Waals surface area contributed by atoms with E-state index in [4.69, 9.17) is 0 Å². The van der Waals surface area contributed by atoms with Gasteiger partial charge in [-0.15, -0.1) is 0 Å². The number of fused-ring (bicyclic) bond motifs is 2. The zero-order chi connectivity index (χ0) is 18.2. The standard InChI is InChI=1S/C18H23F3N2O2/c1-2-15(24)14-4-5-16(18(19,20)21)23(17(14)25)7-3-6-22-10-12-8-13(9-12)11-22/h4-5,12-13H,2-3,6-11H2,1H3. The number of hydrogen-bond donors (Lipinski definition) is 0. The van der Waals surface area contributed by atoms with Crippen molar-refractivity contribution in [2.75, 3.05) is 19.6 Å². The monoisotopic (exact) mass is 356 g/mol. The van der Waals surface area contributed by atoms with Crippen LogP contribution in [-0.2, 0) is 12.7 Å². The highest BCUT2D eigenvalue weighted by Crippen LogP contribution is 2.39. The van der Waals surface area contributed by atoms with Gasteiger partial charge in [0.05, 0.1) is 5.56 Å². The Bertz CT molecular complexity index is 695. The van der Waals surface area contributed by atoms with Gasteiger partial charge < -0.3 is 9.47 Å². The van der Waals surface area contributed by atoms with Gasteiger partial charge in [-0.1, -0.05) is 6.92 Å². The molecule has 4 nitrogen and oxygen atoms in total. The number of hydrogen-bond acceptors (Lipinski definition) is 3. The highest BCUT2D eigenvalue weighted by molar-refractivity contribution is 5.95. The molecule has 3 fully saturated rings. The molecule has 0 N–H and O–H groups in total. The first-order chi connectivity index (χ1) is 11.8. The third-order valence-corrected chi connectivity index (χ3v) is 5.31. The molecule has 0 radical (unpaired) electrons. The summed E-state index contributed by atoms with van der Waals surface area (Å²) < 4.78 is 40.4. The summed E-state index contributed by atoms with van der Waals surface area (Å²) in [5, 5.41) is 0. The van der Waals surface area contributed by atoms with Crippen LogP contribution in [0.5, 0.6) is 0 Å². The van der Waals surface area contributed by atoms with Crippen LogP contribution in [0, 0.1) is 11.8 Å². The predicted molar refractivity (Wildman–Crippen MR) is 87.6 cm³/mol. The van der Waals surface area contributed by atoms with Crippen LogP contribution in [0.25, 0.3) is 0 Å². The first kappa shape index (κ1) is 18.2. The van der Waals surface area contributed by atoms with Gasteiger partial charge >= 0.3 is 6.18 Å². The molecule has 2 saturated heterocycles. The molecular weight excluding hydrogens is 333 g/mol. The molecule has 25 heavy (non-hydrogen) atoms. The summed E-state index contributed by atoms with van der Waals surface area (Å²) in [7, 11) is 0. The van der Waals surface area contributed by atoms with E-state index in [-0.39, 0.29) is 18.5 Å². The number of ketones is 1. The highest BCUT2D eigenvalue weighted by Gasteiger charge is 2.37. The smallest absolute Gasteiger partial charge is 0.304 e. The number of alkyl halides is 3. The van der Waals surface area contributed by atoms with Gasteiger partial charge in [-0.3, -0.25) is 9.59 Å². The molecule has 3 aliphatic rings. The lowest BCUT2D eigenvalue weighted by atomic mass is 9.71. The van der Waals surface area contributed by atoms with Gasteiger partial charge in [-0.2, -0.15) is 13.2 Å². The third-order valence-electron chi connectivity index (χ3n) is 5.31. The quantitative estimate of drug-likeness (QED) is 0.735. The van der Waals surface area contributed by atoms with E-state index in [2.05, 4.69) is 4.90 Å². The highest BCUT2D eigenvalue weighted by atomic mass is 19.4. The van der Waals surface area contributed by atoms with E-state index < -0.39 is 23.2 Å². The van der Waals surface area contributed by atoms with E-state index in [1.807, 2.05) is 0 Å². The van der Waals surface area contributed by atoms with Crippen molar-refractivity contribution in [2.24, 2.45) is 11.8 Å². The maximum Gasteiger partial charge on any atom is 0.431 e. The summed E-state index contributed by atoms with van der Waals surface area (Å²) in [6.45, 7) is 4.26. The summed E-state index contributed by atoms with van der Waals surface area (Å²) in [6, 6.07) is 1.85. The molecule has 4 rings (SSSR count). The summed E-state index contributed by atoms with van der Waals surface area (Å²) in [4.78, 5) is 26.5. The van der Waals surface area contributed by atoms with Crippen LogP contribution in [0.4, 0.5) is 13.2 Å². The number of Topliss-reactive ketones (excluding diaryl/α,β-unsaturated/α-hetero) is 1. The Kier molecular flexibility index (Phi) is 5.04. The second kappa shape index (κ2) is 6.94. The van der Waals surface area contributed by atoms with Crippen molar-refractivity contribution in [3.8, 4) is 0 Å². The average molecular weight is 356 g/mol. The second-order valence-corrected chi connectivity index (χ2v) is 7.18. The minimum absolute atomic E-state index is 0.0235. The molecule has 0 aromatic carbocycles. The predicted octanol–water partition coefficient (Wildman–Crippen LogP) is 3.19. The Labute approximate surface area is 144 Å². The summed E-state index contributed by atoms with van der Waals surface area (Å²) >= 11 is 0. The van der Waals surface area contributed by atoms with Crippen LogP contribution in [0.3, 0.4) is 0 Å². The van der Waals surface area contributed by atoms with Crippen molar-refractivity contribution in [1.29, 1.82) is 0 Å². The molecule has 0 spiro atoms. The maximum absolute atomic E-state index is 13.2. The van der Waals surface area contributed by atoms with E-state index in [1.54, 1.807) is 6.92 Å². The van der Waals surface area contributed by atoms with Gasteiger partial charge in [0.15, 0.2) is 5.78 Å². The van der Waals surface area contributed by atoms with Crippen molar-refractivity contribution in [2.45, 2.75) is 45.3 Å². The number of halogens is 3. The number of carbonyl (C=O) groups is 1. The van der Waals surface area contributed by atoms with Crippen molar-refractivity contribution >= 4 is 5.78 Å². The zero-order valence-electron chi connectivity index (χ0n) is 14.3. The number of aromatic nitrogens is 1. The van der Waals surface area contributed by atoms with Crippen molar-refractivity contribution < 1.29 is 18.0 Å². The fourth-order valence-electron chi connectivity index (χ4n) is 4.06. The molecular formula is C18H23F3N2O2. The average Bonchev–Trinajstić information content (AvgIpc) is 2.54. The molecule has 1 aromatic rings. The molecule has 2 bridgehead atoms. The van der Waals surface area contributed by atoms with Gasteiger partial charge in [0.2, 0.25) is 0 Å². The normalized spacial score (nSPS) is 23.4. The van der Waals surface area contributed by atoms with Gasteiger partial charge in [-0.05, 0) is 49.8 Å². The van der Waals surface area contributed by atoms with E-state index in [0.717, 1.165) is 41.6 Å². The van der Waals surface area contributed by atoms with Crippen LogP contribution in [0.2, 0.25) is 0 Å². The first-order valence-electron chi connectivity index (χ1n) is 8.86. The van der Waals surface area contributed by atoms with Crippen molar-refractivity contribution in [3.63, 3.8) is 0 Å². The number of carbonyl (C=O) groups excluding carboxylic acids is 1. The molecule has 138 valence electrons. The fraction of sp³-hybridized carbons (Fsp3) is 0.667. The van der Waals surface area contributed by atoms with Crippen LogP contribution < -0.4 is 5.56 Å². The molecule has 0 amide bonds. The molecule has 0 unspecified atom stereocenters. The van der Waals surface area contributed by atoms with Gasteiger partial charge in [0.1, 0.15) is 5.69 Å². The number of nitrogens with zero attached hydrogens (tertiary/aromatic N) is 2. The van der Waals surface area contributed by atoms with E-state index in [1.165, 1.54) is 12.8 Å². The molecule has 1 aromatic heterocycles. The first-order valence-corrected chi connectivity index (χ1v) is 8.86. The van der Waals surface area contributed by atoms with Crippen LogP contribution in [0.15, 0.2) is 16.9 Å². The van der Waals surface area contributed by atoms with Crippen molar-refractivity contribution in [3.05, 3.63) is 33.7 Å². The van der Waals surface area contributed by atoms with Crippen LogP contribution in [0.1, 0.15) is 48.7 Å². The molecule has 1 saturated carbocycles. The lowest BCUT2D eigenvalue weighted by Gasteiger charge is -2.47. The Morgan fingerprint density at radius 2 is 1.80 bits per heavy atom. The largest absolute Gasteiger partial charge is 0.431 e. The SMILES string of the molecule is CCC(=O)c1ccc(C(F)(F)F)n(CCCN2CC3CC(C3)C2)c1=O. The lowest BCUT2D eigenvalue weighted by molar-refractivity contribution is -0.144. The Morgan fingerprint density at radius 1 is 1.16 bits per heavy atom. The fourth-order valence-corrected chi connectivity index (χ4v) is 4.06. The molecule has 2 aliphatic heterocycles. The zero-order valence-corrected chi connectivity index (χ0v) is 14.3. The second-order valence-electron chi connectivity index (χ2n) is 7.18. The molecule has 7 heteroatoms. The van der Waals surface area contributed by atoms with Gasteiger partial charge in [0, 0.05) is 26.1 Å². The Morgan fingerprint density at radius 3 is 2.36 bits per heavy atom. The third kappa shape index (κ3) is 3.81. The lowest BCUT2D eigenvalue weighted by Crippen LogP contribution is -2.48. The maximum atomic E-state index is 13.2. The van der Waals surface area contributed by atoms with E-state index in [0.29, 0.717) is 13.0 Å². The number of pyridine rings is 1. The molecule has 3 heterocycles. The van der Waals surface area contributed by atoms with Gasteiger partial charge in [-0.25, -0.2) is 0 Å². The Hall–Kier alpha value is -1.63. The minimum Gasteiger partial charge on any atom is -0.304 e. The summed E-state index contributed by atoms with van der Waals surface area (Å²) in [5.74, 6) is 1.04. The Balaban J connectivity index is 1.75. The number of piperidine rings is 2. The van der Waals surface area contributed by atoms with E-state index in [9.17, 15) is 22.8 Å². The minimum atomic E-state index is -4.61. The number of rotatable bonds is 6. The molecule has 1 aliphatic carbocycles.